The predicted molar refractivity (Wildman–Crippen MR) is 76.8 cm³/mol. The molecule has 0 fully saturated rings. The van der Waals surface area contributed by atoms with Crippen LogP contribution in [0.25, 0.3) is 0 Å². The largest absolute Gasteiger partial charge is 0.488 e. The lowest BCUT2D eigenvalue weighted by Crippen LogP contribution is -2.01. The molecule has 2 rings (SSSR count). The molecule has 3 nitrogen and oxygen atoms in total. The Hall–Kier alpha value is -1.62. The van der Waals surface area contributed by atoms with Gasteiger partial charge in [0.15, 0.2) is 0 Å². The normalized spacial score (nSPS) is 10.3. The second kappa shape index (κ2) is 6.52. The highest BCUT2D eigenvalue weighted by atomic mass is 79.9. The van der Waals surface area contributed by atoms with E-state index in [0.29, 0.717) is 16.8 Å². The summed E-state index contributed by atoms with van der Waals surface area (Å²) in [5.74, 6) is 1.14. The zero-order valence-corrected chi connectivity index (χ0v) is 12.1. The maximum atomic E-state index is 12.9. The van der Waals surface area contributed by atoms with Gasteiger partial charge in [-0.3, -0.25) is 0 Å². The van der Waals surface area contributed by atoms with Crippen molar-refractivity contribution in [1.82, 2.24) is 4.98 Å². The van der Waals surface area contributed by atoms with Crippen molar-refractivity contribution in [3.63, 3.8) is 0 Å². The van der Waals surface area contributed by atoms with Gasteiger partial charge < -0.3 is 10.1 Å². The summed E-state index contributed by atoms with van der Waals surface area (Å²) >= 11 is 3.27. The number of nitrogens with zero attached hydrogens (tertiary/aromatic N) is 1. The highest BCUT2D eigenvalue weighted by molar-refractivity contribution is 9.10. The van der Waals surface area contributed by atoms with Crippen molar-refractivity contribution in [2.45, 2.75) is 13.5 Å². The van der Waals surface area contributed by atoms with Crippen LogP contribution in [0.5, 0.6) is 5.75 Å². The minimum atomic E-state index is -0.294. The minimum Gasteiger partial charge on any atom is -0.488 e. The van der Waals surface area contributed by atoms with Gasteiger partial charge in [-0.2, -0.15) is 0 Å². The first-order valence-electron chi connectivity index (χ1n) is 5.95. The zero-order valence-electron chi connectivity index (χ0n) is 10.5. The first-order valence-corrected chi connectivity index (χ1v) is 6.75. The van der Waals surface area contributed by atoms with Gasteiger partial charge in [0, 0.05) is 12.7 Å². The number of halogens is 2. The Morgan fingerprint density at radius 1 is 1.32 bits per heavy atom. The lowest BCUT2D eigenvalue weighted by molar-refractivity contribution is 0.303. The molecule has 0 saturated heterocycles. The van der Waals surface area contributed by atoms with Crippen LogP contribution in [0.2, 0.25) is 0 Å². The smallest absolute Gasteiger partial charge is 0.134 e. The molecule has 0 aliphatic carbocycles. The summed E-state index contributed by atoms with van der Waals surface area (Å²) in [6, 6.07) is 8.17. The van der Waals surface area contributed by atoms with Crippen molar-refractivity contribution >= 4 is 21.7 Å². The van der Waals surface area contributed by atoms with Crippen LogP contribution in [0.4, 0.5) is 10.2 Å². The van der Waals surface area contributed by atoms with E-state index in [9.17, 15) is 4.39 Å². The Kier molecular flexibility index (Phi) is 4.74. The Balaban J connectivity index is 2.03. The number of anilines is 1. The topological polar surface area (TPSA) is 34.1 Å². The quantitative estimate of drug-likeness (QED) is 0.902. The Morgan fingerprint density at radius 2 is 2.16 bits per heavy atom. The molecule has 1 heterocycles. The molecule has 2 aromatic rings. The molecule has 0 atom stereocenters. The van der Waals surface area contributed by atoms with Gasteiger partial charge in [-0.25, -0.2) is 9.37 Å². The summed E-state index contributed by atoms with van der Waals surface area (Å²) in [5, 5.41) is 3.14. The van der Waals surface area contributed by atoms with E-state index in [1.807, 2.05) is 19.1 Å². The van der Waals surface area contributed by atoms with Crippen molar-refractivity contribution in [1.29, 1.82) is 0 Å². The molecule has 5 heteroatoms. The van der Waals surface area contributed by atoms with Crippen LogP contribution in [0.1, 0.15) is 12.5 Å². The highest BCUT2D eigenvalue weighted by Crippen LogP contribution is 2.26. The number of hydrogen-bond donors (Lipinski definition) is 1. The van der Waals surface area contributed by atoms with Gasteiger partial charge in [0.05, 0.1) is 4.47 Å². The summed E-state index contributed by atoms with van der Waals surface area (Å²) < 4.78 is 19.2. The Morgan fingerprint density at radius 3 is 2.89 bits per heavy atom. The van der Waals surface area contributed by atoms with Gasteiger partial charge in [0.2, 0.25) is 0 Å². The van der Waals surface area contributed by atoms with Crippen LogP contribution in [0.3, 0.4) is 0 Å². The Labute approximate surface area is 119 Å². The number of benzene rings is 1. The average molecular weight is 325 g/mol. The SMILES string of the molecule is CCNc1cc(COc2ccc(F)cc2Br)ccn1. The van der Waals surface area contributed by atoms with E-state index < -0.39 is 0 Å². The molecule has 0 amide bonds. The number of hydrogen-bond acceptors (Lipinski definition) is 3. The molecule has 0 spiro atoms. The summed E-state index contributed by atoms with van der Waals surface area (Å²) in [7, 11) is 0. The first-order chi connectivity index (χ1) is 9.19. The molecule has 0 bridgehead atoms. The van der Waals surface area contributed by atoms with Crippen molar-refractivity contribution in [2.24, 2.45) is 0 Å². The van der Waals surface area contributed by atoms with Gasteiger partial charge in [0.25, 0.3) is 0 Å². The van der Waals surface area contributed by atoms with Crippen LogP contribution in [-0.4, -0.2) is 11.5 Å². The molecule has 19 heavy (non-hydrogen) atoms. The van der Waals surface area contributed by atoms with Gasteiger partial charge in [-0.15, -0.1) is 0 Å². The fourth-order valence-electron chi connectivity index (χ4n) is 1.60. The van der Waals surface area contributed by atoms with Crippen LogP contribution >= 0.6 is 15.9 Å². The third-order valence-electron chi connectivity index (χ3n) is 2.47. The van der Waals surface area contributed by atoms with Gasteiger partial charge in [0.1, 0.15) is 24.0 Å². The molecule has 1 aromatic carbocycles. The third-order valence-corrected chi connectivity index (χ3v) is 3.09. The van der Waals surface area contributed by atoms with Crippen molar-refractivity contribution in [3.05, 3.63) is 52.4 Å². The molecular formula is C14H14BrFN2O. The maximum Gasteiger partial charge on any atom is 0.134 e. The molecule has 0 aliphatic rings. The van der Waals surface area contributed by atoms with E-state index in [0.717, 1.165) is 17.9 Å². The van der Waals surface area contributed by atoms with Gasteiger partial charge >= 0.3 is 0 Å². The number of rotatable bonds is 5. The molecular weight excluding hydrogens is 311 g/mol. The summed E-state index contributed by atoms with van der Waals surface area (Å²) in [5.41, 5.74) is 1.00. The van der Waals surface area contributed by atoms with Crippen molar-refractivity contribution < 1.29 is 9.13 Å². The molecule has 0 unspecified atom stereocenters. The number of ether oxygens (including phenoxy) is 1. The Bertz CT molecular complexity index is 563. The third kappa shape index (κ3) is 3.92. The van der Waals surface area contributed by atoms with E-state index in [1.54, 1.807) is 12.3 Å². The fraction of sp³-hybridized carbons (Fsp3) is 0.214. The van der Waals surface area contributed by atoms with E-state index in [4.69, 9.17) is 4.74 Å². The van der Waals surface area contributed by atoms with Crippen molar-refractivity contribution in [2.75, 3.05) is 11.9 Å². The standard InChI is InChI=1S/C14H14BrFN2O/c1-2-17-14-7-10(5-6-18-14)9-19-13-4-3-11(16)8-12(13)15/h3-8H,2,9H2,1H3,(H,17,18). The first kappa shape index (κ1) is 13.8. The molecule has 100 valence electrons. The molecule has 0 saturated carbocycles. The van der Waals surface area contributed by atoms with E-state index >= 15 is 0 Å². The van der Waals surface area contributed by atoms with Gasteiger partial charge in [-0.05, 0) is 58.7 Å². The van der Waals surface area contributed by atoms with Crippen LogP contribution in [0.15, 0.2) is 41.0 Å². The zero-order chi connectivity index (χ0) is 13.7. The second-order valence-electron chi connectivity index (χ2n) is 3.94. The minimum absolute atomic E-state index is 0.294. The number of nitrogens with one attached hydrogen (secondary N) is 1. The molecule has 0 aliphatic heterocycles. The maximum absolute atomic E-state index is 12.9. The summed E-state index contributed by atoms with van der Waals surface area (Å²) in [6.07, 6.45) is 1.73. The van der Waals surface area contributed by atoms with Crippen molar-refractivity contribution in [3.8, 4) is 5.75 Å². The molecule has 1 aromatic heterocycles. The molecule has 1 N–H and O–H groups in total. The predicted octanol–water partition coefficient (Wildman–Crippen LogP) is 3.99. The summed E-state index contributed by atoms with van der Waals surface area (Å²) in [6.45, 7) is 3.24. The van der Waals surface area contributed by atoms with E-state index in [-0.39, 0.29) is 5.82 Å². The highest BCUT2D eigenvalue weighted by Gasteiger charge is 2.03. The average Bonchev–Trinajstić information content (AvgIpc) is 2.38. The monoisotopic (exact) mass is 324 g/mol. The van der Waals surface area contributed by atoms with E-state index in [2.05, 4.69) is 26.2 Å². The van der Waals surface area contributed by atoms with E-state index in [1.165, 1.54) is 12.1 Å². The summed E-state index contributed by atoms with van der Waals surface area (Å²) in [4.78, 5) is 4.19. The lowest BCUT2D eigenvalue weighted by atomic mass is 10.2. The fourth-order valence-corrected chi connectivity index (χ4v) is 2.06. The number of aromatic nitrogens is 1. The lowest BCUT2D eigenvalue weighted by Gasteiger charge is -2.09. The van der Waals surface area contributed by atoms with Crippen LogP contribution in [0, 0.1) is 5.82 Å². The number of pyridine rings is 1. The second-order valence-corrected chi connectivity index (χ2v) is 4.80. The molecule has 0 radical (unpaired) electrons. The van der Waals surface area contributed by atoms with Crippen LogP contribution < -0.4 is 10.1 Å². The van der Waals surface area contributed by atoms with Crippen LogP contribution in [-0.2, 0) is 6.61 Å². The van der Waals surface area contributed by atoms with Gasteiger partial charge in [-0.1, -0.05) is 0 Å².